The van der Waals surface area contributed by atoms with Crippen molar-refractivity contribution in [3.05, 3.63) is 83.2 Å². The molecule has 27 heavy (non-hydrogen) atoms. The fourth-order valence-electron chi connectivity index (χ4n) is 3.60. The third-order valence-electron chi connectivity index (χ3n) is 4.74. The van der Waals surface area contributed by atoms with Crippen LogP contribution in [0.1, 0.15) is 26.3 Å². The highest BCUT2D eigenvalue weighted by molar-refractivity contribution is 6.18. The molecule has 4 N–H and O–H groups in total. The lowest BCUT2D eigenvalue weighted by molar-refractivity contribution is 0.0992. The smallest absolute Gasteiger partial charge is 0.249 e. The van der Waals surface area contributed by atoms with Crippen molar-refractivity contribution < 1.29 is 14.0 Å². The number of amides is 2. The molecule has 4 aromatic rings. The van der Waals surface area contributed by atoms with Crippen molar-refractivity contribution in [2.24, 2.45) is 11.5 Å². The second-order valence-corrected chi connectivity index (χ2v) is 6.31. The van der Waals surface area contributed by atoms with Crippen molar-refractivity contribution in [2.75, 3.05) is 0 Å². The van der Waals surface area contributed by atoms with Crippen LogP contribution in [0.4, 0.5) is 4.39 Å². The molecule has 0 bridgehead atoms. The van der Waals surface area contributed by atoms with Crippen LogP contribution in [-0.4, -0.2) is 16.4 Å². The Labute approximate surface area is 154 Å². The number of aromatic nitrogens is 1. The Morgan fingerprint density at radius 3 is 2.26 bits per heavy atom. The molecule has 134 valence electrons. The van der Waals surface area contributed by atoms with Crippen molar-refractivity contribution in [2.45, 2.75) is 6.54 Å². The number of carbonyl (C=O) groups excluding carboxylic acids is 2. The molecule has 3 aromatic carbocycles. The molecule has 5 nitrogen and oxygen atoms in total. The number of primary amides is 2. The number of nitrogens with zero attached hydrogens (tertiary/aromatic N) is 1. The van der Waals surface area contributed by atoms with Crippen molar-refractivity contribution in [1.82, 2.24) is 4.57 Å². The Morgan fingerprint density at radius 1 is 0.852 bits per heavy atom. The SMILES string of the molecule is NC(=O)c1ccccc1Cn1c2cccc(C(N)=O)c2c2cccc(F)c21. The van der Waals surface area contributed by atoms with E-state index in [9.17, 15) is 14.0 Å². The normalized spacial score (nSPS) is 11.1. The van der Waals surface area contributed by atoms with Crippen LogP contribution in [0.15, 0.2) is 60.7 Å². The molecule has 0 unspecified atom stereocenters. The van der Waals surface area contributed by atoms with Crippen LogP contribution in [-0.2, 0) is 6.54 Å². The summed E-state index contributed by atoms with van der Waals surface area (Å²) in [6.45, 7) is 0.224. The van der Waals surface area contributed by atoms with Crippen molar-refractivity contribution in [3.8, 4) is 0 Å². The summed E-state index contributed by atoms with van der Waals surface area (Å²) >= 11 is 0. The van der Waals surface area contributed by atoms with E-state index in [0.717, 1.165) is 0 Å². The molecule has 0 aliphatic carbocycles. The van der Waals surface area contributed by atoms with Gasteiger partial charge in [0, 0.05) is 28.4 Å². The maximum Gasteiger partial charge on any atom is 0.249 e. The summed E-state index contributed by atoms with van der Waals surface area (Å²) in [4.78, 5) is 23.7. The lowest BCUT2D eigenvalue weighted by Crippen LogP contribution is -2.15. The quantitative estimate of drug-likeness (QED) is 0.584. The Kier molecular flexibility index (Phi) is 3.88. The number of rotatable bonds is 4. The van der Waals surface area contributed by atoms with E-state index >= 15 is 0 Å². The first-order chi connectivity index (χ1) is 13.0. The van der Waals surface area contributed by atoms with E-state index in [1.807, 2.05) is 0 Å². The lowest BCUT2D eigenvalue weighted by atomic mass is 10.1. The van der Waals surface area contributed by atoms with Gasteiger partial charge in [-0.15, -0.1) is 0 Å². The van der Waals surface area contributed by atoms with Gasteiger partial charge in [-0.1, -0.05) is 36.4 Å². The van der Waals surface area contributed by atoms with Gasteiger partial charge in [0.15, 0.2) is 0 Å². The standard InChI is InChI=1S/C21H16FN3O2/c22-16-9-3-7-14-18-15(21(24)27)8-4-10-17(18)25(19(14)16)11-12-5-1-2-6-13(12)20(23)26/h1-10H,11H2,(H2,23,26)(H2,24,27). The average Bonchev–Trinajstić information content (AvgIpc) is 2.97. The summed E-state index contributed by atoms with van der Waals surface area (Å²) in [6, 6.07) is 16.8. The molecule has 6 heteroatoms. The summed E-state index contributed by atoms with van der Waals surface area (Å²) in [5, 5.41) is 1.19. The Hall–Kier alpha value is -3.67. The van der Waals surface area contributed by atoms with Gasteiger partial charge in [0.05, 0.1) is 11.0 Å². The van der Waals surface area contributed by atoms with E-state index in [-0.39, 0.29) is 6.54 Å². The monoisotopic (exact) mass is 361 g/mol. The topological polar surface area (TPSA) is 91.1 Å². The highest BCUT2D eigenvalue weighted by Crippen LogP contribution is 2.33. The minimum absolute atomic E-state index is 0.224. The largest absolute Gasteiger partial charge is 0.366 e. The molecule has 0 atom stereocenters. The van der Waals surface area contributed by atoms with Crippen LogP contribution in [0.5, 0.6) is 0 Å². The Balaban J connectivity index is 2.07. The summed E-state index contributed by atoms with van der Waals surface area (Å²) in [6.07, 6.45) is 0. The average molecular weight is 361 g/mol. The summed E-state index contributed by atoms with van der Waals surface area (Å²) < 4.78 is 16.5. The van der Waals surface area contributed by atoms with Crippen molar-refractivity contribution in [1.29, 1.82) is 0 Å². The summed E-state index contributed by atoms with van der Waals surface area (Å²) in [7, 11) is 0. The molecule has 0 aliphatic rings. The maximum absolute atomic E-state index is 14.8. The fourth-order valence-corrected chi connectivity index (χ4v) is 3.60. The van der Waals surface area contributed by atoms with Crippen molar-refractivity contribution in [3.63, 3.8) is 0 Å². The van der Waals surface area contributed by atoms with Gasteiger partial charge in [0.1, 0.15) is 5.82 Å². The second kappa shape index (κ2) is 6.25. The fraction of sp³-hybridized carbons (Fsp3) is 0.0476. The predicted molar refractivity (Wildman–Crippen MR) is 102 cm³/mol. The van der Waals surface area contributed by atoms with Gasteiger partial charge < -0.3 is 16.0 Å². The zero-order valence-electron chi connectivity index (χ0n) is 14.3. The molecule has 0 radical (unpaired) electrons. The summed E-state index contributed by atoms with van der Waals surface area (Å²) in [5.74, 6) is -1.55. The molecule has 1 aromatic heterocycles. The van der Waals surface area contributed by atoms with E-state index in [2.05, 4.69) is 0 Å². The van der Waals surface area contributed by atoms with Crippen LogP contribution in [0.3, 0.4) is 0 Å². The van der Waals surface area contributed by atoms with Crippen LogP contribution in [0.25, 0.3) is 21.8 Å². The van der Waals surface area contributed by atoms with Gasteiger partial charge in [0.2, 0.25) is 11.8 Å². The van der Waals surface area contributed by atoms with E-state index in [1.165, 1.54) is 6.07 Å². The van der Waals surface area contributed by atoms with Crippen LogP contribution in [0.2, 0.25) is 0 Å². The first-order valence-corrected chi connectivity index (χ1v) is 8.36. The van der Waals surface area contributed by atoms with Gasteiger partial charge >= 0.3 is 0 Å². The van der Waals surface area contributed by atoms with Gasteiger partial charge in [-0.3, -0.25) is 9.59 Å². The van der Waals surface area contributed by atoms with Gasteiger partial charge in [-0.05, 0) is 29.8 Å². The predicted octanol–water partition coefficient (Wildman–Crippen LogP) is 3.18. The number of nitrogens with two attached hydrogens (primary N) is 2. The van der Waals surface area contributed by atoms with E-state index in [0.29, 0.717) is 38.5 Å². The molecule has 0 spiro atoms. The Morgan fingerprint density at radius 2 is 1.52 bits per heavy atom. The van der Waals surface area contributed by atoms with Gasteiger partial charge in [0.25, 0.3) is 0 Å². The number of halogens is 1. The Bertz CT molecular complexity index is 1230. The van der Waals surface area contributed by atoms with Crippen LogP contribution >= 0.6 is 0 Å². The number of benzene rings is 3. The number of carbonyl (C=O) groups is 2. The molecular formula is C21H16FN3O2. The number of hydrogen-bond acceptors (Lipinski definition) is 2. The molecule has 0 fully saturated rings. The lowest BCUT2D eigenvalue weighted by Gasteiger charge is -2.11. The van der Waals surface area contributed by atoms with Gasteiger partial charge in [-0.2, -0.15) is 0 Å². The third-order valence-corrected chi connectivity index (χ3v) is 4.74. The first-order valence-electron chi connectivity index (χ1n) is 8.36. The van der Waals surface area contributed by atoms with Crippen LogP contribution < -0.4 is 11.5 Å². The molecule has 1 heterocycles. The zero-order valence-corrected chi connectivity index (χ0v) is 14.3. The molecule has 2 amide bonds. The minimum Gasteiger partial charge on any atom is -0.366 e. The van der Waals surface area contributed by atoms with E-state index in [1.54, 1.807) is 59.2 Å². The van der Waals surface area contributed by atoms with Gasteiger partial charge in [-0.25, -0.2) is 4.39 Å². The van der Waals surface area contributed by atoms with Crippen molar-refractivity contribution >= 4 is 33.6 Å². The third kappa shape index (κ3) is 2.62. The van der Waals surface area contributed by atoms with Crippen LogP contribution in [0, 0.1) is 5.82 Å². The van der Waals surface area contributed by atoms with E-state index < -0.39 is 17.6 Å². The summed E-state index contributed by atoms with van der Waals surface area (Å²) in [5.41, 5.74) is 13.4. The number of hydrogen-bond donors (Lipinski definition) is 2. The second-order valence-electron chi connectivity index (χ2n) is 6.31. The maximum atomic E-state index is 14.8. The minimum atomic E-state index is -0.582. The zero-order chi connectivity index (χ0) is 19.1. The molecule has 0 saturated heterocycles. The highest BCUT2D eigenvalue weighted by atomic mass is 19.1. The number of fused-ring (bicyclic) bond motifs is 3. The number of para-hydroxylation sites is 1. The molecular weight excluding hydrogens is 345 g/mol. The highest BCUT2D eigenvalue weighted by Gasteiger charge is 2.19. The molecule has 0 aliphatic heterocycles. The first kappa shape index (κ1) is 16.8. The molecule has 0 saturated carbocycles. The molecule has 4 rings (SSSR count). The van der Waals surface area contributed by atoms with E-state index in [4.69, 9.17) is 11.5 Å².